The highest BCUT2D eigenvalue weighted by molar-refractivity contribution is 5.88. The molecule has 12 heavy (non-hydrogen) atoms. The Balaban J connectivity index is 4.00. The summed E-state index contributed by atoms with van der Waals surface area (Å²) < 4.78 is 8.62. The molecule has 0 fully saturated rings. The molecule has 0 radical (unpaired) electrons. The van der Waals surface area contributed by atoms with Gasteiger partial charge in [-0.25, -0.2) is 4.79 Å². The molecule has 0 rings (SSSR count). The predicted molar refractivity (Wildman–Crippen MR) is 40.9 cm³/mol. The van der Waals surface area contributed by atoms with Crippen LogP contribution in [0.2, 0.25) is 0 Å². The maximum atomic E-state index is 10.6. The highest BCUT2D eigenvalue weighted by atomic mass is 16.5. The lowest BCUT2D eigenvalue weighted by atomic mass is 10.3. The summed E-state index contributed by atoms with van der Waals surface area (Å²) in [5.41, 5.74) is 5.11. The number of carbonyl (C=O) groups is 2. The van der Waals surface area contributed by atoms with Gasteiger partial charge in [0.2, 0.25) is 0 Å². The normalized spacial score (nSPS) is 10.7. The van der Waals surface area contributed by atoms with Crippen molar-refractivity contribution in [3.8, 4) is 0 Å². The van der Waals surface area contributed by atoms with Gasteiger partial charge in [0.25, 0.3) is 0 Å². The molecule has 0 aromatic heterocycles. The zero-order valence-corrected chi connectivity index (χ0v) is 6.99. The quantitative estimate of drug-likeness (QED) is 0.462. The summed E-state index contributed by atoms with van der Waals surface area (Å²) in [5.74, 6) is -1.11. The number of hydrogen-bond donors (Lipinski definition) is 1. The summed E-state index contributed by atoms with van der Waals surface area (Å²) in [4.78, 5) is 21.2. The summed E-state index contributed by atoms with van der Waals surface area (Å²) in [6, 6.07) is 0. The Morgan fingerprint density at radius 2 is 1.92 bits per heavy atom. The molecule has 0 saturated heterocycles. The van der Waals surface area contributed by atoms with Crippen LogP contribution in [-0.2, 0) is 19.1 Å². The van der Waals surface area contributed by atoms with Crippen molar-refractivity contribution in [2.24, 2.45) is 5.73 Å². The Labute approximate surface area is 70.1 Å². The summed E-state index contributed by atoms with van der Waals surface area (Å²) in [6.07, 6.45) is 1.22. The fourth-order valence-electron chi connectivity index (χ4n) is 0.478. The lowest BCUT2D eigenvalue weighted by Crippen LogP contribution is -2.13. The summed E-state index contributed by atoms with van der Waals surface area (Å²) in [7, 11) is 2.46. The molecule has 0 atom stereocenters. The van der Waals surface area contributed by atoms with Crippen molar-refractivity contribution in [3.05, 3.63) is 11.8 Å². The van der Waals surface area contributed by atoms with E-state index in [4.69, 9.17) is 5.73 Å². The average molecular weight is 173 g/mol. The number of ether oxygens (including phenoxy) is 2. The zero-order valence-electron chi connectivity index (χ0n) is 6.99. The van der Waals surface area contributed by atoms with Crippen molar-refractivity contribution in [2.45, 2.75) is 6.42 Å². The smallest absolute Gasteiger partial charge is 0.353 e. The zero-order chi connectivity index (χ0) is 9.56. The van der Waals surface area contributed by atoms with Gasteiger partial charge in [0.05, 0.1) is 20.6 Å². The van der Waals surface area contributed by atoms with E-state index in [0.717, 1.165) is 0 Å². The van der Waals surface area contributed by atoms with Crippen LogP contribution in [0.25, 0.3) is 0 Å². The van der Waals surface area contributed by atoms with Gasteiger partial charge in [0, 0.05) is 0 Å². The molecule has 0 aromatic carbocycles. The number of hydrogen-bond acceptors (Lipinski definition) is 5. The van der Waals surface area contributed by atoms with Gasteiger partial charge in [-0.3, -0.25) is 4.79 Å². The molecular formula is C7H11NO4. The number of rotatable bonds is 3. The third kappa shape index (κ3) is 3.60. The minimum atomic E-state index is -0.654. The number of carbonyl (C=O) groups excluding carboxylic acids is 2. The van der Waals surface area contributed by atoms with Gasteiger partial charge in [-0.1, -0.05) is 0 Å². The molecule has 0 aliphatic rings. The van der Waals surface area contributed by atoms with Crippen LogP contribution < -0.4 is 5.73 Å². The second-order valence-corrected chi connectivity index (χ2v) is 1.93. The fourth-order valence-corrected chi connectivity index (χ4v) is 0.478. The SMILES string of the molecule is COC(=O)C/C=C(\N)C(=O)OC. The second kappa shape index (κ2) is 5.17. The van der Waals surface area contributed by atoms with Crippen molar-refractivity contribution in [3.63, 3.8) is 0 Å². The molecule has 0 aliphatic carbocycles. The van der Waals surface area contributed by atoms with E-state index in [1.165, 1.54) is 20.3 Å². The van der Waals surface area contributed by atoms with Crippen molar-refractivity contribution in [2.75, 3.05) is 14.2 Å². The molecule has 5 nitrogen and oxygen atoms in total. The maximum absolute atomic E-state index is 10.6. The van der Waals surface area contributed by atoms with Gasteiger partial charge >= 0.3 is 11.9 Å². The van der Waals surface area contributed by atoms with Crippen molar-refractivity contribution in [1.82, 2.24) is 0 Å². The maximum Gasteiger partial charge on any atom is 0.353 e. The van der Waals surface area contributed by atoms with E-state index in [1.807, 2.05) is 0 Å². The molecule has 0 spiro atoms. The van der Waals surface area contributed by atoms with Gasteiger partial charge in [-0.15, -0.1) is 0 Å². The molecular weight excluding hydrogens is 162 g/mol. The number of methoxy groups -OCH3 is 2. The molecule has 0 saturated carbocycles. The number of esters is 2. The van der Waals surface area contributed by atoms with Crippen LogP contribution >= 0.6 is 0 Å². The lowest BCUT2D eigenvalue weighted by Gasteiger charge is -1.97. The van der Waals surface area contributed by atoms with Crippen LogP contribution in [0, 0.1) is 0 Å². The van der Waals surface area contributed by atoms with Gasteiger partial charge in [0.15, 0.2) is 0 Å². The number of nitrogens with two attached hydrogens (primary N) is 1. The molecule has 68 valence electrons. The Morgan fingerprint density at radius 1 is 1.33 bits per heavy atom. The summed E-state index contributed by atoms with van der Waals surface area (Å²) in [5, 5.41) is 0. The van der Waals surface area contributed by atoms with E-state index in [0.29, 0.717) is 0 Å². The van der Waals surface area contributed by atoms with Crippen molar-refractivity contribution < 1.29 is 19.1 Å². The monoisotopic (exact) mass is 173 g/mol. The van der Waals surface area contributed by atoms with E-state index < -0.39 is 11.9 Å². The molecule has 0 amide bonds. The minimum absolute atomic E-state index is 0.0303. The average Bonchev–Trinajstić information content (AvgIpc) is 2.11. The minimum Gasteiger partial charge on any atom is -0.469 e. The Bertz CT molecular complexity index is 209. The van der Waals surface area contributed by atoms with Gasteiger partial charge in [-0.05, 0) is 6.08 Å². The van der Waals surface area contributed by atoms with Crippen molar-refractivity contribution >= 4 is 11.9 Å². The van der Waals surface area contributed by atoms with Gasteiger partial charge in [0.1, 0.15) is 5.70 Å². The summed E-state index contributed by atoms with van der Waals surface area (Å²) >= 11 is 0. The molecule has 2 N–H and O–H groups in total. The first kappa shape index (κ1) is 10.5. The van der Waals surface area contributed by atoms with Crippen LogP contribution in [0.1, 0.15) is 6.42 Å². The van der Waals surface area contributed by atoms with Crippen LogP contribution in [0.5, 0.6) is 0 Å². The first-order valence-electron chi connectivity index (χ1n) is 3.22. The van der Waals surface area contributed by atoms with Crippen molar-refractivity contribution in [1.29, 1.82) is 0 Å². The predicted octanol–water partition coefficient (Wildman–Crippen LogP) is -0.435. The fraction of sp³-hybridized carbons (Fsp3) is 0.429. The molecule has 0 bridgehead atoms. The van der Waals surface area contributed by atoms with Crippen LogP contribution in [0.4, 0.5) is 0 Å². The van der Waals surface area contributed by atoms with E-state index in [-0.39, 0.29) is 12.1 Å². The third-order valence-electron chi connectivity index (χ3n) is 1.14. The Hall–Kier alpha value is -1.52. The highest BCUT2D eigenvalue weighted by Crippen LogP contribution is 1.93. The van der Waals surface area contributed by atoms with E-state index >= 15 is 0 Å². The van der Waals surface area contributed by atoms with Crippen LogP contribution in [0.15, 0.2) is 11.8 Å². The molecule has 5 heteroatoms. The lowest BCUT2D eigenvalue weighted by molar-refractivity contribution is -0.139. The molecule has 0 aromatic rings. The first-order chi connectivity index (χ1) is 5.61. The molecule has 0 aliphatic heterocycles. The van der Waals surface area contributed by atoms with E-state index in [9.17, 15) is 9.59 Å². The Kier molecular flexibility index (Phi) is 4.52. The molecule has 0 unspecified atom stereocenters. The Morgan fingerprint density at radius 3 is 2.33 bits per heavy atom. The van der Waals surface area contributed by atoms with E-state index in [2.05, 4.69) is 9.47 Å². The highest BCUT2D eigenvalue weighted by Gasteiger charge is 2.04. The van der Waals surface area contributed by atoms with Crippen LogP contribution in [-0.4, -0.2) is 26.2 Å². The van der Waals surface area contributed by atoms with Crippen LogP contribution in [0.3, 0.4) is 0 Å². The largest absolute Gasteiger partial charge is 0.469 e. The molecule has 0 heterocycles. The van der Waals surface area contributed by atoms with Gasteiger partial charge < -0.3 is 15.2 Å². The van der Waals surface area contributed by atoms with E-state index in [1.54, 1.807) is 0 Å². The third-order valence-corrected chi connectivity index (χ3v) is 1.14. The first-order valence-corrected chi connectivity index (χ1v) is 3.22. The second-order valence-electron chi connectivity index (χ2n) is 1.93. The summed E-state index contributed by atoms with van der Waals surface area (Å²) in [6.45, 7) is 0. The topological polar surface area (TPSA) is 78.6 Å². The standard InChI is InChI=1S/C7H11NO4/c1-11-6(9)4-3-5(8)7(10)12-2/h3H,4,8H2,1-2H3/b5-3-. The van der Waals surface area contributed by atoms with Gasteiger partial charge in [-0.2, -0.15) is 0 Å².